The third-order valence-corrected chi connectivity index (χ3v) is 3.96. The average molecular weight is 267 g/mol. The van der Waals surface area contributed by atoms with Gasteiger partial charge in [-0.25, -0.2) is 0 Å². The normalized spacial score (nSPS) is 10.8. The first-order valence-corrected chi connectivity index (χ1v) is 7.43. The number of aromatic nitrogens is 2. The molecule has 0 saturated heterocycles. The van der Waals surface area contributed by atoms with Crippen LogP contribution in [0.2, 0.25) is 0 Å². The largest absolute Gasteiger partial charge is 0.293 e. The Kier molecular flexibility index (Phi) is 3.22. The van der Waals surface area contributed by atoms with Gasteiger partial charge < -0.3 is 0 Å². The lowest BCUT2D eigenvalue weighted by atomic mass is 10.2. The molecule has 3 heteroatoms. The summed E-state index contributed by atoms with van der Waals surface area (Å²) in [6.45, 7) is 2.12. The Hall–Kier alpha value is -1.87. The van der Waals surface area contributed by atoms with E-state index in [-0.39, 0.29) is 0 Å². The molecule has 3 rings (SSSR count). The second kappa shape index (κ2) is 5.02. The maximum Gasteiger partial charge on any atom is 0.293 e. The molecule has 19 heavy (non-hydrogen) atoms. The number of hydrogen-bond donors (Lipinski definition) is 0. The molecular weight excluding hydrogens is 252 g/mol. The third-order valence-electron chi connectivity index (χ3n) is 3.25. The molecule has 0 N–H and O–H groups in total. The lowest BCUT2D eigenvalue weighted by molar-refractivity contribution is -0.571. The van der Waals surface area contributed by atoms with Crippen LogP contribution in [0.25, 0.3) is 16.6 Å². The van der Waals surface area contributed by atoms with Gasteiger partial charge in [-0.3, -0.25) is 0 Å². The van der Waals surface area contributed by atoms with Crippen molar-refractivity contribution in [1.82, 2.24) is 4.98 Å². The molecule has 1 aromatic heterocycles. The minimum atomic E-state index is 1.07. The number of thioether (sulfide) groups is 1. The summed E-state index contributed by atoms with van der Waals surface area (Å²) in [5.74, 6) is 0. The number of para-hydroxylation sites is 2. The monoisotopic (exact) mass is 267 g/mol. The minimum absolute atomic E-state index is 1.07. The van der Waals surface area contributed by atoms with Gasteiger partial charge in [-0.15, -0.1) is 0 Å². The summed E-state index contributed by atoms with van der Waals surface area (Å²) >= 11 is 1.68. The molecule has 2 nitrogen and oxygen atoms in total. The fraction of sp³-hybridized carbons (Fsp3) is 0.125. The van der Waals surface area contributed by atoms with Crippen molar-refractivity contribution in [2.45, 2.75) is 11.9 Å². The Bertz CT molecular complexity index is 738. The predicted octanol–water partition coefficient (Wildman–Crippen LogP) is 3.54. The van der Waals surface area contributed by atoms with E-state index in [0.29, 0.717) is 0 Å². The maximum absolute atomic E-state index is 4.57. The molecule has 0 bridgehead atoms. The third kappa shape index (κ3) is 2.10. The quantitative estimate of drug-likeness (QED) is 0.401. The molecule has 3 aromatic rings. The van der Waals surface area contributed by atoms with Crippen molar-refractivity contribution < 1.29 is 4.57 Å². The van der Waals surface area contributed by atoms with E-state index in [0.717, 1.165) is 5.03 Å². The molecule has 0 saturated carbocycles. The Labute approximate surface area is 117 Å². The van der Waals surface area contributed by atoms with Gasteiger partial charge in [-0.05, 0) is 41.9 Å². The van der Waals surface area contributed by atoms with Gasteiger partial charge in [-0.2, -0.15) is 4.57 Å². The fourth-order valence-electron chi connectivity index (χ4n) is 2.29. The molecule has 0 spiro atoms. The topological polar surface area (TPSA) is 16.8 Å². The standard InChI is InChI=1S/C16H15N2S/c1-12-7-3-5-9-14(12)18-11-17-16(19-2)13-8-4-6-10-15(13)18/h3-11H,1-2H3/q+1. The zero-order valence-corrected chi connectivity index (χ0v) is 11.8. The van der Waals surface area contributed by atoms with Crippen LogP contribution in [-0.4, -0.2) is 11.2 Å². The molecule has 94 valence electrons. The van der Waals surface area contributed by atoms with Crippen LogP contribution < -0.4 is 4.57 Å². The van der Waals surface area contributed by atoms with Gasteiger partial charge >= 0.3 is 0 Å². The van der Waals surface area contributed by atoms with Gasteiger partial charge in [0.2, 0.25) is 5.03 Å². The van der Waals surface area contributed by atoms with Crippen molar-refractivity contribution in [3.63, 3.8) is 0 Å². The summed E-state index contributed by atoms with van der Waals surface area (Å²) in [7, 11) is 0. The summed E-state index contributed by atoms with van der Waals surface area (Å²) in [4.78, 5) is 4.57. The van der Waals surface area contributed by atoms with E-state index in [4.69, 9.17) is 0 Å². The van der Waals surface area contributed by atoms with Crippen LogP contribution >= 0.6 is 11.8 Å². The van der Waals surface area contributed by atoms with Crippen LogP contribution in [0.4, 0.5) is 0 Å². The average Bonchev–Trinajstić information content (AvgIpc) is 2.47. The summed E-state index contributed by atoms with van der Waals surface area (Å²) in [6, 6.07) is 16.8. The van der Waals surface area contributed by atoms with E-state index < -0.39 is 0 Å². The SMILES string of the molecule is CSc1nc[n+](-c2ccccc2C)c2ccccc12. The number of fused-ring (bicyclic) bond motifs is 1. The minimum Gasteiger partial charge on any atom is -0.195 e. The molecule has 0 radical (unpaired) electrons. The van der Waals surface area contributed by atoms with E-state index in [9.17, 15) is 0 Å². The summed E-state index contributed by atoms with van der Waals surface area (Å²) in [5, 5.41) is 2.26. The molecule has 0 aliphatic carbocycles. The molecule has 1 heterocycles. The molecule has 0 aliphatic rings. The van der Waals surface area contributed by atoms with Crippen molar-refractivity contribution in [2.75, 3.05) is 6.26 Å². The van der Waals surface area contributed by atoms with Gasteiger partial charge in [-0.1, -0.05) is 42.1 Å². The van der Waals surface area contributed by atoms with E-state index in [1.165, 1.54) is 22.2 Å². The van der Waals surface area contributed by atoms with E-state index in [1.807, 2.05) is 6.33 Å². The molecule has 0 fully saturated rings. The lowest BCUT2D eigenvalue weighted by Crippen LogP contribution is -2.33. The maximum atomic E-state index is 4.57. The number of nitrogens with zero attached hydrogens (tertiary/aromatic N) is 2. The smallest absolute Gasteiger partial charge is 0.195 e. The Balaban J connectivity index is 2.35. The van der Waals surface area contributed by atoms with Crippen LogP contribution in [0.5, 0.6) is 0 Å². The molecule has 0 amide bonds. The first-order valence-electron chi connectivity index (χ1n) is 6.20. The van der Waals surface area contributed by atoms with Crippen LogP contribution in [0.3, 0.4) is 0 Å². The molecule has 0 unspecified atom stereocenters. The highest BCUT2D eigenvalue weighted by Crippen LogP contribution is 2.22. The van der Waals surface area contributed by atoms with E-state index in [1.54, 1.807) is 11.8 Å². The van der Waals surface area contributed by atoms with Crippen molar-refractivity contribution in [2.24, 2.45) is 0 Å². The number of aryl methyl sites for hydroxylation is 1. The highest BCUT2D eigenvalue weighted by atomic mass is 32.2. The van der Waals surface area contributed by atoms with Crippen LogP contribution in [0.1, 0.15) is 5.56 Å². The molecular formula is C16H15N2S+. The number of rotatable bonds is 2. The van der Waals surface area contributed by atoms with Crippen LogP contribution in [-0.2, 0) is 0 Å². The number of hydrogen-bond acceptors (Lipinski definition) is 2. The van der Waals surface area contributed by atoms with E-state index in [2.05, 4.69) is 71.3 Å². The first-order chi connectivity index (χ1) is 9.31. The van der Waals surface area contributed by atoms with Crippen molar-refractivity contribution in [1.29, 1.82) is 0 Å². The summed E-state index contributed by atoms with van der Waals surface area (Å²) in [6.07, 6.45) is 3.98. The zero-order chi connectivity index (χ0) is 13.2. The lowest BCUT2D eigenvalue weighted by Gasteiger charge is -2.06. The Morgan fingerprint density at radius 2 is 1.74 bits per heavy atom. The van der Waals surface area contributed by atoms with Crippen LogP contribution in [0.15, 0.2) is 59.9 Å². The molecule has 2 aromatic carbocycles. The second-order valence-electron chi connectivity index (χ2n) is 4.43. The Morgan fingerprint density at radius 1 is 1.00 bits per heavy atom. The van der Waals surface area contributed by atoms with Crippen molar-refractivity contribution in [3.8, 4) is 5.69 Å². The summed E-state index contributed by atoms with van der Waals surface area (Å²) < 4.78 is 2.16. The highest BCUT2D eigenvalue weighted by molar-refractivity contribution is 7.98. The Morgan fingerprint density at radius 3 is 2.53 bits per heavy atom. The second-order valence-corrected chi connectivity index (χ2v) is 5.22. The molecule has 0 atom stereocenters. The summed E-state index contributed by atoms with van der Waals surface area (Å²) in [5.41, 5.74) is 3.62. The van der Waals surface area contributed by atoms with Crippen LogP contribution in [0, 0.1) is 6.92 Å². The zero-order valence-electron chi connectivity index (χ0n) is 11.0. The first kappa shape index (κ1) is 12.2. The van der Waals surface area contributed by atoms with Gasteiger partial charge in [0.25, 0.3) is 6.33 Å². The van der Waals surface area contributed by atoms with Gasteiger partial charge in [0.1, 0.15) is 11.2 Å². The van der Waals surface area contributed by atoms with Crippen molar-refractivity contribution in [3.05, 3.63) is 60.4 Å². The van der Waals surface area contributed by atoms with Gasteiger partial charge in [0.15, 0.2) is 0 Å². The number of benzene rings is 2. The van der Waals surface area contributed by atoms with Gasteiger partial charge in [0, 0.05) is 0 Å². The van der Waals surface area contributed by atoms with Crippen molar-refractivity contribution >= 4 is 22.7 Å². The highest BCUT2D eigenvalue weighted by Gasteiger charge is 2.15. The molecule has 0 aliphatic heterocycles. The predicted molar refractivity (Wildman–Crippen MR) is 79.8 cm³/mol. The fourth-order valence-corrected chi connectivity index (χ4v) is 2.84. The van der Waals surface area contributed by atoms with E-state index >= 15 is 0 Å². The van der Waals surface area contributed by atoms with Gasteiger partial charge in [0.05, 0.1) is 5.39 Å².